The standard InChI is InChI=1S/C25H28N2O4S/c1-16-7-8-20(29-2)19(12-16)26-24(28)15-27-10-9-17-13-21(30-3)22(31-4)14-18(17)25(27)23-6-5-11-32-23/h5-8,11-14,25H,9-10,15H2,1-4H3,(H,26,28)/t25-/m0/s1. The first-order valence-corrected chi connectivity index (χ1v) is 11.4. The predicted octanol–water partition coefficient (Wildman–Crippen LogP) is 4.67. The SMILES string of the molecule is COc1ccc(C)cc1NC(=O)CN1CCc2cc(OC)c(OC)cc2[C@H]1c1cccs1. The average Bonchev–Trinajstić information content (AvgIpc) is 3.32. The molecule has 0 fully saturated rings. The van der Waals surface area contributed by atoms with Crippen molar-refractivity contribution in [2.75, 3.05) is 39.7 Å². The number of methoxy groups -OCH3 is 3. The van der Waals surface area contributed by atoms with Gasteiger partial charge in [0.1, 0.15) is 5.75 Å². The highest BCUT2D eigenvalue weighted by molar-refractivity contribution is 7.10. The summed E-state index contributed by atoms with van der Waals surface area (Å²) in [7, 11) is 4.91. The molecule has 1 aliphatic rings. The highest BCUT2D eigenvalue weighted by Crippen LogP contribution is 2.42. The summed E-state index contributed by atoms with van der Waals surface area (Å²) < 4.78 is 16.5. The van der Waals surface area contributed by atoms with Crippen molar-refractivity contribution in [3.05, 3.63) is 69.4 Å². The van der Waals surface area contributed by atoms with Crippen LogP contribution in [0.25, 0.3) is 0 Å². The molecule has 0 radical (unpaired) electrons. The number of rotatable bonds is 7. The molecule has 32 heavy (non-hydrogen) atoms. The number of anilines is 1. The van der Waals surface area contributed by atoms with Gasteiger partial charge in [-0.2, -0.15) is 0 Å². The molecule has 0 aliphatic carbocycles. The van der Waals surface area contributed by atoms with Gasteiger partial charge in [-0.25, -0.2) is 0 Å². The number of hydrogen-bond acceptors (Lipinski definition) is 6. The van der Waals surface area contributed by atoms with E-state index in [-0.39, 0.29) is 18.5 Å². The summed E-state index contributed by atoms with van der Waals surface area (Å²) in [4.78, 5) is 16.5. The van der Waals surface area contributed by atoms with Crippen LogP contribution in [0, 0.1) is 6.92 Å². The van der Waals surface area contributed by atoms with E-state index < -0.39 is 0 Å². The number of carbonyl (C=O) groups is 1. The highest BCUT2D eigenvalue weighted by atomic mass is 32.1. The summed E-state index contributed by atoms with van der Waals surface area (Å²) in [6.45, 7) is 3.03. The maximum atomic E-state index is 13.1. The molecule has 3 aromatic rings. The van der Waals surface area contributed by atoms with Crippen LogP contribution in [0.4, 0.5) is 5.69 Å². The molecule has 1 aromatic heterocycles. The molecule has 0 saturated carbocycles. The lowest BCUT2D eigenvalue weighted by Crippen LogP contribution is -2.41. The second-order valence-corrected chi connectivity index (χ2v) is 8.78. The molecule has 2 heterocycles. The Labute approximate surface area is 192 Å². The van der Waals surface area contributed by atoms with Crippen molar-refractivity contribution in [1.82, 2.24) is 4.90 Å². The fraction of sp³-hybridized carbons (Fsp3) is 0.320. The van der Waals surface area contributed by atoms with E-state index in [9.17, 15) is 4.79 Å². The van der Waals surface area contributed by atoms with Gasteiger partial charge in [0.15, 0.2) is 11.5 Å². The fourth-order valence-corrected chi connectivity index (χ4v) is 5.12. The van der Waals surface area contributed by atoms with Gasteiger partial charge in [-0.15, -0.1) is 11.3 Å². The molecule has 168 valence electrons. The summed E-state index contributed by atoms with van der Waals surface area (Å²) >= 11 is 1.69. The van der Waals surface area contributed by atoms with E-state index in [1.165, 1.54) is 10.4 Å². The molecular weight excluding hydrogens is 424 g/mol. The van der Waals surface area contributed by atoms with Crippen molar-refractivity contribution < 1.29 is 19.0 Å². The molecule has 0 bridgehead atoms. The minimum Gasteiger partial charge on any atom is -0.495 e. The number of thiophene rings is 1. The van der Waals surface area contributed by atoms with E-state index in [2.05, 4.69) is 27.7 Å². The lowest BCUT2D eigenvalue weighted by molar-refractivity contribution is -0.117. The third-order valence-corrected chi connectivity index (χ3v) is 6.69. The summed E-state index contributed by atoms with van der Waals surface area (Å²) in [5, 5.41) is 5.10. The van der Waals surface area contributed by atoms with E-state index in [0.29, 0.717) is 17.2 Å². The van der Waals surface area contributed by atoms with Gasteiger partial charge in [0.05, 0.1) is 39.6 Å². The van der Waals surface area contributed by atoms with Crippen molar-refractivity contribution in [2.45, 2.75) is 19.4 Å². The number of aryl methyl sites for hydroxylation is 1. The molecule has 1 amide bonds. The zero-order valence-electron chi connectivity index (χ0n) is 18.8. The van der Waals surface area contributed by atoms with E-state index in [1.807, 2.05) is 37.3 Å². The minimum absolute atomic E-state index is 0.0243. The number of benzene rings is 2. The molecule has 1 N–H and O–H groups in total. The maximum Gasteiger partial charge on any atom is 0.238 e. The van der Waals surface area contributed by atoms with Gasteiger partial charge >= 0.3 is 0 Å². The van der Waals surface area contributed by atoms with Crippen molar-refractivity contribution in [3.8, 4) is 17.2 Å². The number of nitrogens with one attached hydrogen (secondary N) is 1. The van der Waals surface area contributed by atoms with Gasteiger partial charge < -0.3 is 19.5 Å². The zero-order chi connectivity index (χ0) is 22.7. The van der Waals surface area contributed by atoms with Crippen molar-refractivity contribution in [1.29, 1.82) is 0 Å². The predicted molar refractivity (Wildman–Crippen MR) is 127 cm³/mol. The van der Waals surface area contributed by atoms with Crippen LogP contribution in [0.2, 0.25) is 0 Å². The number of ether oxygens (including phenoxy) is 3. The van der Waals surface area contributed by atoms with E-state index in [4.69, 9.17) is 14.2 Å². The molecule has 7 heteroatoms. The Morgan fingerprint density at radius 3 is 2.50 bits per heavy atom. The molecule has 4 rings (SSSR count). The van der Waals surface area contributed by atoms with Crippen LogP contribution >= 0.6 is 11.3 Å². The Bertz CT molecular complexity index is 1100. The summed E-state index contributed by atoms with van der Waals surface area (Å²) in [6, 6.07) is 14.0. The van der Waals surface area contributed by atoms with Crippen LogP contribution in [0.3, 0.4) is 0 Å². The fourth-order valence-electron chi connectivity index (χ4n) is 4.24. The Balaban J connectivity index is 1.63. The van der Waals surface area contributed by atoms with E-state index >= 15 is 0 Å². The normalized spacial score (nSPS) is 15.7. The molecule has 0 saturated heterocycles. The molecule has 1 atom stereocenters. The molecule has 1 aliphatic heterocycles. The largest absolute Gasteiger partial charge is 0.495 e. The van der Waals surface area contributed by atoms with Gasteiger partial charge in [0, 0.05) is 11.4 Å². The molecule has 2 aromatic carbocycles. The minimum atomic E-state index is -0.0700. The quantitative estimate of drug-likeness (QED) is 0.565. The third kappa shape index (κ3) is 4.45. The van der Waals surface area contributed by atoms with Crippen LogP contribution in [-0.2, 0) is 11.2 Å². The van der Waals surface area contributed by atoms with Crippen molar-refractivity contribution >= 4 is 22.9 Å². The lowest BCUT2D eigenvalue weighted by Gasteiger charge is -2.37. The van der Waals surface area contributed by atoms with Gasteiger partial charge in [-0.1, -0.05) is 12.1 Å². The molecule has 0 spiro atoms. The molecular formula is C25H28N2O4S. The van der Waals surface area contributed by atoms with Crippen LogP contribution < -0.4 is 19.5 Å². The van der Waals surface area contributed by atoms with Gasteiger partial charge in [-0.3, -0.25) is 9.69 Å². The zero-order valence-corrected chi connectivity index (χ0v) is 19.6. The number of hydrogen-bond donors (Lipinski definition) is 1. The van der Waals surface area contributed by atoms with Crippen LogP contribution in [0.15, 0.2) is 47.8 Å². The van der Waals surface area contributed by atoms with Gasteiger partial charge in [0.2, 0.25) is 5.91 Å². The number of nitrogens with zero attached hydrogens (tertiary/aromatic N) is 1. The number of fused-ring (bicyclic) bond motifs is 1. The maximum absolute atomic E-state index is 13.1. The van der Waals surface area contributed by atoms with Gasteiger partial charge in [0.25, 0.3) is 0 Å². The molecule has 0 unspecified atom stereocenters. The Hall–Kier alpha value is -3.03. The van der Waals surface area contributed by atoms with Crippen molar-refractivity contribution in [2.24, 2.45) is 0 Å². The topological polar surface area (TPSA) is 60.0 Å². The van der Waals surface area contributed by atoms with Crippen molar-refractivity contribution in [3.63, 3.8) is 0 Å². The summed E-state index contributed by atoms with van der Waals surface area (Å²) in [6.07, 6.45) is 0.832. The first-order chi connectivity index (χ1) is 15.5. The highest BCUT2D eigenvalue weighted by Gasteiger charge is 2.32. The first-order valence-electron chi connectivity index (χ1n) is 10.5. The van der Waals surface area contributed by atoms with Crippen LogP contribution in [0.1, 0.15) is 27.6 Å². The summed E-state index contributed by atoms with van der Waals surface area (Å²) in [5.41, 5.74) is 4.12. The lowest BCUT2D eigenvalue weighted by atomic mass is 9.91. The third-order valence-electron chi connectivity index (χ3n) is 5.76. The van der Waals surface area contributed by atoms with E-state index in [0.717, 1.165) is 29.8 Å². The Morgan fingerprint density at radius 2 is 1.81 bits per heavy atom. The first kappa shape index (κ1) is 22.2. The molecule has 6 nitrogen and oxygen atoms in total. The Kier molecular flexibility index (Phi) is 6.67. The van der Waals surface area contributed by atoms with Gasteiger partial charge in [-0.05, 0) is 65.7 Å². The van der Waals surface area contributed by atoms with E-state index in [1.54, 1.807) is 32.7 Å². The number of amides is 1. The summed E-state index contributed by atoms with van der Waals surface area (Å²) in [5.74, 6) is 2.01. The van der Waals surface area contributed by atoms with Crippen LogP contribution in [-0.4, -0.2) is 45.2 Å². The average molecular weight is 453 g/mol. The smallest absolute Gasteiger partial charge is 0.238 e. The second kappa shape index (κ2) is 9.63. The second-order valence-electron chi connectivity index (χ2n) is 7.80. The Morgan fingerprint density at radius 1 is 1.06 bits per heavy atom. The number of carbonyl (C=O) groups excluding carboxylic acids is 1. The van der Waals surface area contributed by atoms with Crippen LogP contribution in [0.5, 0.6) is 17.2 Å². The monoisotopic (exact) mass is 452 g/mol.